The van der Waals surface area contributed by atoms with Gasteiger partial charge >= 0.3 is 0 Å². The van der Waals surface area contributed by atoms with Gasteiger partial charge in [-0.15, -0.1) is 0 Å². The van der Waals surface area contributed by atoms with E-state index >= 15 is 0 Å². The van der Waals surface area contributed by atoms with Gasteiger partial charge < -0.3 is 9.80 Å². The van der Waals surface area contributed by atoms with Gasteiger partial charge in [0, 0.05) is 33.9 Å². The van der Waals surface area contributed by atoms with E-state index in [1.165, 1.54) is 131 Å². The van der Waals surface area contributed by atoms with Crippen molar-refractivity contribution in [3.63, 3.8) is 0 Å². The maximum Gasteiger partial charge on any atom is 0.0540 e. The summed E-state index contributed by atoms with van der Waals surface area (Å²) < 4.78 is 0. The third-order valence-corrected chi connectivity index (χ3v) is 22.2. The van der Waals surface area contributed by atoms with Crippen LogP contribution < -0.4 is 9.80 Å². The molecule has 0 heterocycles. The molecular weight excluding hydrogens is 1330 g/mol. The van der Waals surface area contributed by atoms with Crippen LogP contribution in [-0.4, -0.2) is 0 Å². The van der Waals surface area contributed by atoms with Gasteiger partial charge in [0.1, 0.15) is 0 Å². The first kappa shape index (κ1) is 65.1. The molecule has 0 aliphatic carbocycles. The Bertz CT molecular complexity index is 6870. The van der Waals surface area contributed by atoms with E-state index < -0.39 is 0 Å². The van der Waals surface area contributed by atoms with Crippen molar-refractivity contribution in [1.82, 2.24) is 0 Å². The van der Waals surface area contributed by atoms with Gasteiger partial charge in [-0.25, -0.2) is 0 Å². The number of hydrogen-bond acceptors (Lipinski definition) is 2. The van der Waals surface area contributed by atoms with Crippen molar-refractivity contribution < 1.29 is 0 Å². The molecule has 0 saturated carbocycles. The summed E-state index contributed by atoms with van der Waals surface area (Å²) in [6.45, 7) is 0. The van der Waals surface area contributed by atoms with Crippen molar-refractivity contribution in [1.29, 1.82) is 0 Å². The lowest BCUT2D eigenvalue weighted by Crippen LogP contribution is -2.11. The summed E-state index contributed by atoms with van der Waals surface area (Å²) in [7, 11) is 0. The Morgan fingerprint density at radius 2 is 0.409 bits per heavy atom. The van der Waals surface area contributed by atoms with Gasteiger partial charge in [0.05, 0.1) is 11.4 Å². The molecule has 0 spiro atoms. The SMILES string of the molecule is c1ccc(-c2cccc(-c3ccc(N(c4cccc(-c5cc6ccccc6c6ccccc56)c4)c4ccccc4-c4cccc5cc(-c6ccc(-c7ccc(-c8ccc(N(c9cccc(-c%10cc%11ccccc%11c%11ccccc%10%11)c9)c9ccccc9-c9cccc%10ccccc9%10)cc8)cc7)cc6)ccc45)cc3)c2)cc1. The Morgan fingerprint density at radius 3 is 0.900 bits per heavy atom. The predicted octanol–water partition coefficient (Wildman–Crippen LogP) is 30.5. The molecule has 110 heavy (non-hydrogen) atoms. The maximum atomic E-state index is 2.45. The molecule has 20 rings (SSSR count). The van der Waals surface area contributed by atoms with E-state index in [2.05, 4.69) is 447 Å². The number of anilines is 6. The fourth-order valence-corrected chi connectivity index (χ4v) is 16.8. The number of benzene rings is 20. The predicted molar refractivity (Wildman–Crippen MR) is 470 cm³/mol. The van der Waals surface area contributed by atoms with Crippen molar-refractivity contribution in [2.45, 2.75) is 0 Å². The van der Waals surface area contributed by atoms with Gasteiger partial charge in [-0.1, -0.05) is 352 Å². The molecule has 0 fully saturated rings. The molecule has 514 valence electrons. The minimum absolute atomic E-state index is 1.07. The zero-order chi connectivity index (χ0) is 72.9. The van der Waals surface area contributed by atoms with Crippen LogP contribution in [0.3, 0.4) is 0 Å². The summed E-state index contributed by atoms with van der Waals surface area (Å²) in [5.41, 5.74) is 27.6. The lowest BCUT2D eigenvalue weighted by molar-refractivity contribution is 1.28. The van der Waals surface area contributed by atoms with Crippen LogP contribution in [0.1, 0.15) is 0 Å². The second kappa shape index (κ2) is 28.1. The monoisotopic (exact) mass is 1400 g/mol. The first-order valence-corrected chi connectivity index (χ1v) is 37.9. The molecule has 0 amide bonds. The molecule has 0 aliphatic heterocycles. The van der Waals surface area contributed by atoms with E-state index in [-0.39, 0.29) is 0 Å². The van der Waals surface area contributed by atoms with Gasteiger partial charge in [-0.05, 0) is 239 Å². The van der Waals surface area contributed by atoms with Crippen LogP contribution in [0.2, 0.25) is 0 Å². The smallest absolute Gasteiger partial charge is 0.0540 e. The number of para-hydroxylation sites is 2. The average molecular weight is 1400 g/mol. The minimum atomic E-state index is 1.07. The van der Waals surface area contributed by atoms with Crippen LogP contribution in [0, 0.1) is 0 Å². The van der Waals surface area contributed by atoms with Gasteiger partial charge in [0.15, 0.2) is 0 Å². The van der Waals surface area contributed by atoms with Gasteiger partial charge in [0.25, 0.3) is 0 Å². The van der Waals surface area contributed by atoms with Crippen molar-refractivity contribution in [3.05, 3.63) is 437 Å². The zero-order valence-electron chi connectivity index (χ0n) is 60.5. The molecule has 0 saturated heterocycles. The van der Waals surface area contributed by atoms with E-state index in [0.29, 0.717) is 0 Å². The lowest BCUT2D eigenvalue weighted by atomic mass is 9.92. The van der Waals surface area contributed by atoms with E-state index in [9.17, 15) is 0 Å². The van der Waals surface area contributed by atoms with Crippen LogP contribution in [0.4, 0.5) is 34.1 Å². The zero-order valence-corrected chi connectivity index (χ0v) is 60.5. The van der Waals surface area contributed by atoms with Crippen molar-refractivity contribution in [2.75, 3.05) is 9.80 Å². The van der Waals surface area contributed by atoms with Gasteiger partial charge in [-0.3, -0.25) is 0 Å². The fraction of sp³-hybridized carbons (Fsp3) is 0. The molecule has 2 heteroatoms. The lowest BCUT2D eigenvalue weighted by Gasteiger charge is -2.29. The molecule has 0 aromatic heterocycles. The molecule has 2 nitrogen and oxygen atoms in total. The fourth-order valence-electron chi connectivity index (χ4n) is 16.8. The van der Waals surface area contributed by atoms with Crippen LogP contribution in [0.25, 0.3) is 165 Å². The number of hydrogen-bond donors (Lipinski definition) is 0. The Labute approximate surface area is 641 Å². The Morgan fingerprint density at radius 1 is 0.118 bits per heavy atom. The number of nitrogens with zero attached hydrogens (tertiary/aromatic N) is 2. The first-order chi connectivity index (χ1) is 54.5. The van der Waals surface area contributed by atoms with Gasteiger partial charge in [-0.2, -0.15) is 0 Å². The Balaban J connectivity index is 0.603. The van der Waals surface area contributed by atoms with Crippen LogP contribution in [0.15, 0.2) is 437 Å². The molecule has 0 unspecified atom stereocenters. The second-order valence-electron chi connectivity index (χ2n) is 28.7. The highest BCUT2D eigenvalue weighted by Gasteiger charge is 2.23. The third-order valence-electron chi connectivity index (χ3n) is 22.2. The Hall–Kier alpha value is -14.4. The molecule has 0 radical (unpaired) electrons. The minimum Gasteiger partial charge on any atom is -0.310 e. The quantitative estimate of drug-likeness (QED) is 0.0944. The van der Waals surface area contributed by atoms with E-state index in [4.69, 9.17) is 0 Å². The van der Waals surface area contributed by atoms with Crippen LogP contribution in [0.5, 0.6) is 0 Å². The summed E-state index contributed by atoms with van der Waals surface area (Å²) in [6.07, 6.45) is 0. The normalized spacial score (nSPS) is 11.5. The van der Waals surface area contributed by atoms with Crippen molar-refractivity contribution in [2.24, 2.45) is 0 Å². The summed E-state index contributed by atoms with van der Waals surface area (Å²) in [6, 6.07) is 161. The molecule has 20 aromatic carbocycles. The topological polar surface area (TPSA) is 6.48 Å². The van der Waals surface area contributed by atoms with E-state index in [0.717, 1.165) is 67.5 Å². The number of rotatable bonds is 15. The number of fused-ring (bicyclic) bond motifs is 8. The van der Waals surface area contributed by atoms with Crippen molar-refractivity contribution in [3.8, 4) is 100 Å². The largest absolute Gasteiger partial charge is 0.310 e. The second-order valence-corrected chi connectivity index (χ2v) is 28.7. The molecular formula is C108H72N2. The van der Waals surface area contributed by atoms with Gasteiger partial charge in [0.2, 0.25) is 0 Å². The highest BCUT2D eigenvalue weighted by molar-refractivity contribution is 6.16. The molecule has 0 bridgehead atoms. The molecule has 0 N–H and O–H groups in total. The average Bonchev–Trinajstić information content (AvgIpc) is 0.764. The molecule has 0 atom stereocenters. The summed E-state index contributed by atoms with van der Waals surface area (Å²) >= 11 is 0. The van der Waals surface area contributed by atoms with Crippen LogP contribution in [-0.2, 0) is 0 Å². The van der Waals surface area contributed by atoms with E-state index in [1.54, 1.807) is 0 Å². The highest BCUT2D eigenvalue weighted by atomic mass is 15.2. The molecule has 20 aromatic rings. The van der Waals surface area contributed by atoms with Crippen LogP contribution >= 0.6 is 0 Å². The summed E-state index contributed by atoms with van der Waals surface area (Å²) in [5.74, 6) is 0. The van der Waals surface area contributed by atoms with E-state index in [1.807, 2.05) is 0 Å². The summed E-state index contributed by atoms with van der Waals surface area (Å²) in [4.78, 5) is 4.89. The maximum absolute atomic E-state index is 2.45. The Kier molecular flexibility index (Phi) is 16.6. The standard InChI is InChI=1S/C108H72N2/c1-2-23-73(24-3-1)81-29-18-30-82(67-81)79-59-64-90(65-60-79)110(92-35-20-32-86(70-92)106-72-88-27-6-9-38-95(88)98-40-11-13-42-102(98)106)108-48-17-15-44-104(108)100-46-22-33-84-68-83(61-66-96(84)100)78-55-53-75(54-56-78)74-49-51-76(52-50-74)77-57-62-89(63-58-77)109(107-47-16-14-43-103(107)99-45-21-28-80-25-4-7-36-93(80)99)91-34-19-31-85(69-91)105-71-87-26-5-8-37-94(87)97-39-10-12-41-101(97)105/h1-72H. The highest BCUT2D eigenvalue weighted by Crippen LogP contribution is 2.49. The third kappa shape index (κ3) is 12.1. The molecule has 0 aliphatic rings. The first-order valence-electron chi connectivity index (χ1n) is 37.9. The summed E-state index contributed by atoms with van der Waals surface area (Å²) in [5, 5.41) is 14.8. The van der Waals surface area contributed by atoms with Crippen molar-refractivity contribution >= 4 is 98.8 Å².